The van der Waals surface area contributed by atoms with E-state index in [1.165, 1.54) is 18.6 Å². The molecule has 1 aromatic rings. The number of halogens is 1. The zero-order chi connectivity index (χ0) is 16.3. The maximum atomic E-state index is 13.0. The first kappa shape index (κ1) is 16.2. The Morgan fingerprint density at radius 1 is 1.26 bits per heavy atom. The van der Waals surface area contributed by atoms with Gasteiger partial charge in [-0.1, -0.05) is 19.3 Å². The molecule has 1 aliphatic carbocycles. The van der Waals surface area contributed by atoms with Gasteiger partial charge in [-0.15, -0.1) is 0 Å². The summed E-state index contributed by atoms with van der Waals surface area (Å²) in [4.78, 5) is 14.6. The maximum Gasteiger partial charge on any atom is 0.240 e. The number of hydrogen-bond acceptors (Lipinski definition) is 3. The molecule has 1 saturated heterocycles. The van der Waals surface area contributed by atoms with Gasteiger partial charge in [0.25, 0.3) is 0 Å². The normalized spacial score (nSPS) is 23.7. The van der Waals surface area contributed by atoms with Gasteiger partial charge in [0.2, 0.25) is 5.91 Å². The summed E-state index contributed by atoms with van der Waals surface area (Å²) in [6, 6.07) is 6.61. The van der Waals surface area contributed by atoms with E-state index in [9.17, 15) is 9.18 Å². The van der Waals surface area contributed by atoms with E-state index in [4.69, 9.17) is 5.73 Å². The van der Waals surface area contributed by atoms with E-state index in [0.717, 1.165) is 50.9 Å². The summed E-state index contributed by atoms with van der Waals surface area (Å²) in [5.41, 5.74) is 6.65. The average molecular weight is 319 g/mol. The lowest BCUT2D eigenvalue weighted by Crippen LogP contribution is -2.55. The number of nitrogens with one attached hydrogen (secondary N) is 1. The Hall–Kier alpha value is -1.62. The molecule has 1 unspecified atom stereocenters. The molecule has 0 aromatic heterocycles. The van der Waals surface area contributed by atoms with Crippen LogP contribution in [0, 0.1) is 11.7 Å². The van der Waals surface area contributed by atoms with Crippen LogP contribution in [0.5, 0.6) is 0 Å². The molecule has 0 radical (unpaired) electrons. The van der Waals surface area contributed by atoms with Crippen molar-refractivity contribution in [1.29, 1.82) is 0 Å². The minimum atomic E-state index is -0.659. The number of carbonyl (C=O) groups is 1. The topological polar surface area (TPSA) is 58.4 Å². The van der Waals surface area contributed by atoms with Crippen LogP contribution in [0.2, 0.25) is 0 Å². The molecule has 4 nitrogen and oxygen atoms in total. The summed E-state index contributed by atoms with van der Waals surface area (Å²) in [7, 11) is 0. The van der Waals surface area contributed by atoms with Crippen LogP contribution in [0.15, 0.2) is 24.3 Å². The van der Waals surface area contributed by atoms with Gasteiger partial charge in [-0.25, -0.2) is 4.39 Å². The molecule has 2 fully saturated rings. The molecule has 1 heterocycles. The number of hydrogen-bond donors (Lipinski definition) is 2. The Balaban J connectivity index is 1.48. The molecule has 1 amide bonds. The molecule has 0 spiro atoms. The van der Waals surface area contributed by atoms with Crippen molar-refractivity contribution in [1.82, 2.24) is 5.32 Å². The van der Waals surface area contributed by atoms with E-state index in [2.05, 4.69) is 10.2 Å². The van der Waals surface area contributed by atoms with Crippen molar-refractivity contribution in [2.24, 2.45) is 11.7 Å². The van der Waals surface area contributed by atoms with Gasteiger partial charge in [-0.05, 0) is 49.4 Å². The number of rotatable bonds is 4. The standard InChI is InChI=1S/C18H26FN3O/c19-15-4-6-16(7-5-15)22-11-8-14(13-22)12-21-17(23)18(20)9-2-1-3-10-18/h4-7,14H,1-3,8-13,20H2,(H,21,23). The maximum absolute atomic E-state index is 13.0. The molecule has 3 N–H and O–H groups in total. The summed E-state index contributed by atoms with van der Waals surface area (Å²) >= 11 is 0. The van der Waals surface area contributed by atoms with Crippen molar-refractivity contribution in [2.75, 3.05) is 24.5 Å². The SMILES string of the molecule is NC1(C(=O)NCC2CCN(c3ccc(F)cc3)C2)CCCCC1. The minimum Gasteiger partial charge on any atom is -0.371 e. The van der Waals surface area contributed by atoms with E-state index in [1.807, 2.05) is 12.1 Å². The molecular formula is C18H26FN3O. The van der Waals surface area contributed by atoms with Crippen LogP contribution >= 0.6 is 0 Å². The van der Waals surface area contributed by atoms with Gasteiger partial charge in [0.1, 0.15) is 5.82 Å². The summed E-state index contributed by atoms with van der Waals surface area (Å²) in [6.07, 6.45) is 5.91. The molecule has 5 heteroatoms. The zero-order valence-corrected chi connectivity index (χ0v) is 13.6. The second-order valence-corrected chi connectivity index (χ2v) is 7.00. The summed E-state index contributed by atoms with van der Waals surface area (Å²) < 4.78 is 13.0. The van der Waals surface area contributed by atoms with Crippen LogP contribution in [-0.4, -0.2) is 31.1 Å². The number of nitrogens with two attached hydrogens (primary N) is 1. The van der Waals surface area contributed by atoms with E-state index < -0.39 is 5.54 Å². The highest BCUT2D eigenvalue weighted by Gasteiger charge is 2.35. The Bertz CT molecular complexity index is 540. The monoisotopic (exact) mass is 319 g/mol. The quantitative estimate of drug-likeness (QED) is 0.896. The summed E-state index contributed by atoms with van der Waals surface area (Å²) in [5, 5.41) is 3.07. The zero-order valence-electron chi connectivity index (χ0n) is 13.6. The van der Waals surface area contributed by atoms with Gasteiger partial charge in [0, 0.05) is 25.3 Å². The molecule has 3 rings (SSSR count). The number of benzene rings is 1. The van der Waals surface area contributed by atoms with Crippen LogP contribution in [0.25, 0.3) is 0 Å². The van der Waals surface area contributed by atoms with Crippen LogP contribution in [-0.2, 0) is 4.79 Å². The van der Waals surface area contributed by atoms with E-state index in [0.29, 0.717) is 12.5 Å². The van der Waals surface area contributed by atoms with Crippen molar-refractivity contribution in [3.63, 3.8) is 0 Å². The molecule has 23 heavy (non-hydrogen) atoms. The van der Waals surface area contributed by atoms with Crippen molar-refractivity contribution >= 4 is 11.6 Å². The predicted octanol–water partition coefficient (Wildman–Crippen LogP) is 2.43. The third-order valence-electron chi connectivity index (χ3n) is 5.23. The highest BCUT2D eigenvalue weighted by molar-refractivity contribution is 5.86. The molecule has 1 saturated carbocycles. The first-order chi connectivity index (χ1) is 11.1. The fourth-order valence-corrected chi connectivity index (χ4v) is 3.71. The van der Waals surface area contributed by atoms with Crippen molar-refractivity contribution < 1.29 is 9.18 Å². The molecular weight excluding hydrogens is 293 g/mol. The fourth-order valence-electron chi connectivity index (χ4n) is 3.71. The third kappa shape index (κ3) is 3.83. The molecule has 0 bridgehead atoms. The molecule has 1 aromatic carbocycles. The van der Waals surface area contributed by atoms with Gasteiger partial charge in [-0.2, -0.15) is 0 Å². The van der Waals surface area contributed by atoms with Crippen LogP contribution in [0.4, 0.5) is 10.1 Å². The summed E-state index contributed by atoms with van der Waals surface area (Å²) in [6.45, 7) is 2.51. The Labute approximate surface area is 137 Å². The van der Waals surface area contributed by atoms with Gasteiger partial charge >= 0.3 is 0 Å². The highest BCUT2D eigenvalue weighted by Crippen LogP contribution is 2.27. The van der Waals surface area contributed by atoms with Crippen molar-refractivity contribution in [3.05, 3.63) is 30.1 Å². The average Bonchev–Trinajstić information content (AvgIpc) is 3.03. The second-order valence-electron chi connectivity index (χ2n) is 7.00. The Kier molecular flexibility index (Phi) is 4.85. The van der Waals surface area contributed by atoms with Crippen molar-refractivity contribution in [2.45, 2.75) is 44.1 Å². The number of amides is 1. The van der Waals surface area contributed by atoms with Gasteiger partial charge in [-0.3, -0.25) is 4.79 Å². The molecule has 1 atom stereocenters. The van der Waals surface area contributed by atoms with Crippen molar-refractivity contribution in [3.8, 4) is 0 Å². The molecule has 1 aliphatic heterocycles. The second kappa shape index (κ2) is 6.87. The highest BCUT2D eigenvalue weighted by atomic mass is 19.1. The predicted molar refractivity (Wildman–Crippen MR) is 89.7 cm³/mol. The lowest BCUT2D eigenvalue weighted by molar-refractivity contribution is -0.127. The van der Waals surface area contributed by atoms with Crippen LogP contribution < -0.4 is 16.0 Å². The largest absolute Gasteiger partial charge is 0.371 e. The lowest BCUT2D eigenvalue weighted by atomic mass is 9.82. The number of carbonyl (C=O) groups excluding carboxylic acids is 1. The Morgan fingerprint density at radius 3 is 2.65 bits per heavy atom. The summed E-state index contributed by atoms with van der Waals surface area (Å²) in [5.74, 6) is 0.228. The third-order valence-corrected chi connectivity index (χ3v) is 5.23. The minimum absolute atomic E-state index is 0.0115. The van der Waals surface area contributed by atoms with E-state index in [1.54, 1.807) is 0 Å². The first-order valence-corrected chi connectivity index (χ1v) is 8.64. The van der Waals surface area contributed by atoms with Gasteiger partial charge < -0.3 is 16.0 Å². The molecule has 126 valence electrons. The van der Waals surface area contributed by atoms with Gasteiger partial charge in [0.15, 0.2) is 0 Å². The Morgan fingerprint density at radius 2 is 1.96 bits per heavy atom. The van der Waals surface area contributed by atoms with E-state index in [-0.39, 0.29) is 11.7 Å². The fraction of sp³-hybridized carbons (Fsp3) is 0.611. The molecule has 2 aliphatic rings. The van der Waals surface area contributed by atoms with Crippen LogP contribution in [0.3, 0.4) is 0 Å². The number of anilines is 1. The van der Waals surface area contributed by atoms with E-state index >= 15 is 0 Å². The lowest BCUT2D eigenvalue weighted by Gasteiger charge is -2.32. The van der Waals surface area contributed by atoms with Gasteiger partial charge in [0.05, 0.1) is 5.54 Å². The first-order valence-electron chi connectivity index (χ1n) is 8.64. The number of nitrogens with zero attached hydrogens (tertiary/aromatic N) is 1. The van der Waals surface area contributed by atoms with Crippen LogP contribution in [0.1, 0.15) is 38.5 Å². The smallest absolute Gasteiger partial charge is 0.240 e.